The maximum Gasteiger partial charge on any atom is 0.0322 e. The van der Waals surface area contributed by atoms with Crippen LogP contribution in [0.4, 0.5) is 0 Å². The molecular formula is C19H31NS. The molecule has 0 saturated carbocycles. The summed E-state index contributed by atoms with van der Waals surface area (Å²) in [7, 11) is 0. The first-order chi connectivity index (χ1) is 10.0. The van der Waals surface area contributed by atoms with Crippen molar-refractivity contribution in [2.45, 2.75) is 58.4 Å². The Morgan fingerprint density at radius 3 is 2.29 bits per heavy atom. The summed E-state index contributed by atoms with van der Waals surface area (Å²) in [5.41, 5.74) is 3.13. The van der Waals surface area contributed by atoms with E-state index in [1.54, 1.807) is 0 Å². The summed E-state index contributed by atoms with van der Waals surface area (Å²) in [4.78, 5) is 0. The molecule has 1 fully saturated rings. The van der Waals surface area contributed by atoms with E-state index in [2.05, 4.69) is 69.0 Å². The zero-order chi connectivity index (χ0) is 15.3. The molecule has 0 amide bonds. The molecule has 1 aliphatic rings. The lowest BCUT2D eigenvalue weighted by atomic mass is 9.85. The van der Waals surface area contributed by atoms with Crippen molar-refractivity contribution < 1.29 is 0 Å². The normalized spacial score (nSPS) is 18.7. The Morgan fingerprint density at radius 2 is 1.76 bits per heavy atom. The summed E-state index contributed by atoms with van der Waals surface area (Å²) in [5, 5.41) is 3.70. The van der Waals surface area contributed by atoms with E-state index in [0.29, 0.717) is 6.04 Å². The van der Waals surface area contributed by atoms with Crippen LogP contribution in [0.5, 0.6) is 0 Å². The van der Waals surface area contributed by atoms with Gasteiger partial charge in [-0.15, -0.1) is 0 Å². The molecule has 1 aromatic rings. The fourth-order valence-corrected chi connectivity index (χ4v) is 4.32. The number of benzene rings is 1. The molecule has 0 radical (unpaired) electrons. The molecule has 118 valence electrons. The van der Waals surface area contributed by atoms with Crippen molar-refractivity contribution in [1.82, 2.24) is 5.32 Å². The van der Waals surface area contributed by atoms with Gasteiger partial charge in [-0.25, -0.2) is 0 Å². The Morgan fingerprint density at radius 1 is 1.14 bits per heavy atom. The highest BCUT2D eigenvalue weighted by Crippen LogP contribution is 2.32. The highest BCUT2D eigenvalue weighted by atomic mass is 32.2. The third-order valence-corrected chi connectivity index (χ3v) is 5.59. The predicted octanol–water partition coefficient (Wildman–Crippen LogP) is 5.17. The van der Waals surface area contributed by atoms with Gasteiger partial charge in [0.1, 0.15) is 0 Å². The summed E-state index contributed by atoms with van der Waals surface area (Å²) in [6.45, 7) is 10.1. The van der Waals surface area contributed by atoms with Gasteiger partial charge in [-0.2, -0.15) is 11.8 Å². The van der Waals surface area contributed by atoms with Crippen LogP contribution < -0.4 is 5.32 Å². The fraction of sp³-hybridized carbons (Fsp3) is 0.684. The third-order valence-electron chi connectivity index (χ3n) is 4.54. The molecule has 21 heavy (non-hydrogen) atoms. The van der Waals surface area contributed by atoms with E-state index in [0.717, 1.165) is 12.5 Å². The Balaban J connectivity index is 2.06. The largest absolute Gasteiger partial charge is 0.310 e. The summed E-state index contributed by atoms with van der Waals surface area (Å²) in [5.74, 6) is 3.61. The monoisotopic (exact) mass is 305 g/mol. The molecule has 0 aromatic heterocycles. The van der Waals surface area contributed by atoms with E-state index in [1.807, 2.05) is 0 Å². The van der Waals surface area contributed by atoms with Gasteiger partial charge in [0.15, 0.2) is 0 Å². The highest BCUT2D eigenvalue weighted by Gasteiger charge is 2.20. The molecular weight excluding hydrogens is 274 g/mol. The molecule has 1 unspecified atom stereocenters. The van der Waals surface area contributed by atoms with Gasteiger partial charge in [0.25, 0.3) is 0 Å². The lowest BCUT2D eigenvalue weighted by molar-refractivity contribution is 0.374. The van der Waals surface area contributed by atoms with Gasteiger partial charge >= 0.3 is 0 Å². The van der Waals surface area contributed by atoms with E-state index >= 15 is 0 Å². The van der Waals surface area contributed by atoms with Gasteiger partial charge in [0, 0.05) is 6.04 Å². The first kappa shape index (κ1) is 16.9. The van der Waals surface area contributed by atoms with Crippen molar-refractivity contribution >= 4 is 11.8 Å². The van der Waals surface area contributed by atoms with Crippen molar-refractivity contribution in [2.24, 2.45) is 5.92 Å². The summed E-state index contributed by atoms with van der Waals surface area (Å²) in [6, 6.07) is 9.83. The molecule has 1 aromatic carbocycles. The average Bonchev–Trinajstić information content (AvgIpc) is 2.47. The van der Waals surface area contributed by atoms with Crippen LogP contribution in [0, 0.1) is 5.92 Å². The van der Waals surface area contributed by atoms with Gasteiger partial charge in [-0.05, 0) is 59.8 Å². The zero-order valence-corrected chi connectivity index (χ0v) is 14.9. The fourth-order valence-electron chi connectivity index (χ4n) is 3.11. The lowest BCUT2D eigenvalue weighted by Crippen LogP contribution is -2.25. The van der Waals surface area contributed by atoms with Crippen LogP contribution in [0.2, 0.25) is 0 Å². The van der Waals surface area contributed by atoms with Crippen LogP contribution in [0.1, 0.15) is 64.1 Å². The second-order valence-electron chi connectivity index (χ2n) is 7.27. The van der Waals surface area contributed by atoms with E-state index in [1.165, 1.54) is 41.9 Å². The molecule has 1 atom stereocenters. The molecule has 1 aliphatic heterocycles. The number of thioether (sulfide) groups is 1. The summed E-state index contributed by atoms with van der Waals surface area (Å²) >= 11 is 2.12. The molecule has 1 N–H and O–H groups in total. The summed E-state index contributed by atoms with van der Waals surface area (Å²) < 4.78 is 0. The Labute approximate surface area is 135 Å². The van der Waals surface area contributed by atoms with Crippen LogP contribution in [0.15, 0.2) is 24.3 Å². The van der Waals surface area contributed by atoms with Crippen molar-refractivity contribution in [3.63, 3.8) is 0 Å². The van der Waals surface area contributed by atoms with Gasteiger partial charge in [0.05, 0.1) is 0 Å². The molecule has 1 saturated heterocycles. The second-order valence-corrected chi connectivity index (χ2v) is 8.50. The second kappa shape index (κ2) is 7.69. The quantitative estimate of drug-likeness (QED) is 0.805. The first-order valence-corrected chi connectivity index (χ1v) is 9.57. The zero-order valence-electron chi connectivity index (χ0n) is 14.1. The van der Waals surface area contributed by atoms with Gasteiger partial charge in [0.2, 0.25) is 0 Å². The third kappa shape index (κ3) is 5.03. The number of nitrogens with one attached hydrogen (secondary N) is 1. The molecule has 1 heterocycles. The van der Waals surface area contributed by atoms with Crippen LogP contribution in [-0.4, -0.2) is 18.1 Å². The molecule has 0 bridgehead atoms. The average molecular weight is 306 g/mol. The SMILES string of the molecule is CCNC(CC1CCSCC1)c1ccc(C(C)(C)C)cc1. The van der Waals surface area contributed by atoms with Gasteiger partial charge < -0.3 is 5.32 Å². The van der Waals surface area contributed by atoms with Crippen molar-refractivity contribution in [3.8, 4) is 0 Å². The van der Waals surface area contributed by atoms with Crippen molar-refractivity contribution in [1.29, 1.82) is 0 Å². The van der Waals surface area contributed by atoms with Crippen molar-refractivity contribution in [3.05, 3.63) is 35.4 Å². The van der Waals surface area contributed by atoms with E-state index in [9.17, 15) is 0 Å². The van der Waals surface area contributed by atoms with Crippen LogP contribution in [0.3, 0.4) is 0 Å². The minimum Gasteiger partial charge on any atom is -0.310 e. The van der Waals surface area contributed by atoms with Crippen molar-refractivity contribution in [2.75, 3.05) is 18.1 Å². The smallest absolute Gasteiger partial charge is 0.0322 e. The van der Waals surface area contributed by atoms with E-state index < -0.39 is 0 Å². The van der Waals surface area contributed by atoms with Gasteiger partial charge in [-0.3, -0.25) is 0 Å². The number of rotatable bonds is 5. The molecule has 2 heteroatoms. The molecule has 2 rings (SSSR count). The van der Waals surface area contributed by atoms with Crippen LogP contribution in [0.25, 0.3) is 0 Å². The minimum atomic E-state index is 0.243. The predicted molar refractivity (Wildman–Crippen MR) is 96.2 cm³/mol. The van der Waals surface area contributed by atoms with Gasteiger partial charge in [-0.1, -0.05) is 52.0 Å². The standard InChI is InChI=1S/C19H31NS/c1-5-20-18(14-15-10-12-21-13-11-15)16-6-8-17(9-7-16)19(2,3)4/h6-9,15,18,20H,5,10-14H2,1-4H3. The highest BCUT2D eigenvalue weighted by molar-refractivity contribution is 7.99. The number of hydrogen-bond acceptors (Lipinski definition) is 2. The van der Waals surface area contributed by atoms with E-state index in [-0.39, 0.29) is 5.41 Å². The first-order valence-electron chi connectivity index (χ1n) is 8.42. The Kier molecular flexibility index (Phi) is 6.19. The maximum absolute atomic E-state index is 3.70. The van der Waals surface area contributed by atoms with Crippen LogP contribution in [-0.2, 0) is 5.41 Å². The number of hydrogen-bond donors (Lipinski definition) is 1. The topological polar surface area (TPSA) is 12.0 Å². The molecule has 0 aliphatic carbocycles. The maximum atomic E-state index is 3.70. The molecule has 0 spiro atoms. The lowest BCUT2D eigenvalue weighted by Gasteiger charge is -2.28. The minimum absolute atomic E-state index is 0.243. The Hall–Kier alpha value is -0.470. The summed E-state index contributed by atoms with van der Waals surface area (Å²) in [6.07, 6.45) is 4.09. The van der Waals surface area contributed by atoms with Crippen LogP contribution >= 0.6 is 11.8 Å². The van der Waals surface area contributed by atoms with E-state index in [4.69, 9.17) is 0 Å². The molecule has 1 nitrogen and oxygen atoms in total. The Bertz CT molecular complexity index is 412.